The van der Waals surface area contributed by atoms with Crippen LogP contribution < -0.4 is 0 Å². The average Bonchev–Trinajstić information content (AvgIpc) is 2.18. The first-order chi connectivity index (χ1) is 7.48. The van der Waals surface area contributed by atoms with Crippen LogP contribution in [0.25, 0.3) is 0 Å². The first-order valence-corrected chi connectivity index (χ1v) is 4.36. The minimum atomic E-state index is -2.50. The van der Waals surface area contributed by atoms with Crippen LogP contribution in [0, 0.1) is 5.92 Å². The lowest BCUT2D eigenvalue weighted by Crippen LogP contribution is -2.33. The molecule has 0 spiro atoms. The van der Waals surface area contributed by atoms with Gasteiger partial charge in [0.2, 0.25) is 0 Å². The highest BCUT2D eigenvalue weighted by molar-refractivity contribution is 5.79. The van der Waals surface area contributed by atoms with Gasteiger partial charge in [-0.15, -0.1) is 0 Å². The third kappa shape index (κ3) is 31.4. The van der Waals surface area contributed by atoms with Gasteiger partial charge in [0.1, 0.15) is 0 Å². The molecule has 0 fully saturated rings. The van der Waals surface area contributed by atoms with Gasteiger partial charge in [-0.2, -0.15) is 0 Å². The second kappa shape index (κ2) is 10.8. The van der Waals surface area contributed by atoms with E-state index in [9.17, 15) is 9.59 Å². The summed E-state index contributed by atoms with van der Waals surface area (Å²) in [5, 5.41) is 39.8. The Hall–Kier alpha value is -1.70. The molecule has 0 saturated heterocycles. The van der Waals surface area contributed by atoms with Crippen molar-refractivity contribution < 1.29 is 35.1 Å². The number of rotatable bonds is 3. The summed E-state index contributed by atoms with van der Waals surface area (Å²) in [6.07, 6.45) is 1.67. The van der Waals surface area contributed by atoms with Crippen LogP contribution in [0.3, 0.4) is 0 Å². The van der Waals surface area contributed by atoms with Crippen molar-refractivity contribution in [2.45, 2.75) is 19.8 Å². The lowest BCUT2D eigenvalue weighted by atomic mass is 10.2. The van der Waals surface area contributed by atoms with E-state index in [1.807, 2.05) is 0 Å². The quantitative estimate of drug-likeness (QED) is 0.345. The number of hydrogen-bond acceptors (Lipinski definition) is 5. The summed E-state index contributed by atoms with van der Waals surface area (Å²) >= 11 is 0. The van der Waals surface area contributed by atoms with Crippen molar-refractivity contribution in [3.05, 3.63) is 25.3 Å². The van der Waals surface area contributed by atoms with Crippen molar-refractivity contribution in [2.24, 2.45) is 5.92 Å². The van der Waals surface area contributed by atoms with Gasteiger partial charge in [0.25, 0.3) is 5.97 Å². The molecular weight excluding hydrogens is 232 g/mol. The summed E-state index contributed by atoms with van der Waals surface area (Å²) in [5.41, 5.74) is 0. The van der Waals surface area contributed by atoms with Crippen LogP contribution >= 0.6 is 0 Å². The van der Waals surface area contributed by atoms with Gasteiger partial charge in [-0.3, -0.25) is 0 Å². The molecule has 0 rings (SSSR count). The third-order valence-electron chi connectivity index (χ3n) is 1.12. The van der Waals surface area contributed by atoms with Gasteiger partial charge in [-0.05, 0) is 0 Å². The summed E-state index contributed by atoms with van der Waals surface area (Å²) in [4.78, 5) is 18.5. The highest BCUT2D eigenvalue weighted by atomic mass is 16.7. The van der Waals surface area contributed by atoms with Gasteiger partial charge < -0.3 is 25.5 Å². The molecule has 0 heterocycles. The molecule has 0 atom stereocenters. The van der Waals surface area contributed by atoms with Gasteiger partial charge in [-0.25, -0.2) is 9.59 Å². The van der Waals surface area contributed by atoms with E-state index < -0.39 is 23.8 Å². The summed E-state index contributed by atoms with van der Waals surface area (Å²) < 4.78 is 0. The Labute approximate surface area is 99.0 Å². The monoisotopic (exact) mass is 250 g/mol. The molecular formula is C10H18O7. The number of carboxylic acids is 2. The molecule has 0 radical (unpaired) electrons. The molecule has 0 unspecified atom stereocenters. The van der Waals surface area contributed by atoms with Crippen molar-refractivity contribution in [1.82, 2.24) is 0 Å². The fourth-order valence-electron chi connectivity index (χ4n) is 0. The number of carbonyl (C=O) groups is 2. The lowest BCUT2D eigenvalue weighted by Gasteiger charge is -2.16. The fraction of sp³-hybridized carbons (Fsp3) is 0.400. The minimum absolute atomic E-state index is 0.535. The molecule has 0 aromatic rings. The minimum Gasteiger partial charge on any atom is -0.478 e. The van der Waals surface area contributed by atoms with E-state index in [0.29, 0.717) is 0 Å². The van der Waals surface area contributed by atoms with E-state index >= 15 is 0 Å². The Balaban J connectivity index is -0.000000177. The van der Waals surface area contributed by atoms with E-state index in [4.69, 9.17) is 25.5 Å². The van der Waals surface area contributed by atoms with Crippen LogP contribution in [0.1, 0.15) is 13.8 Å². The van der Waals surface area contributed by atoms with Gasteiger partial charge in [0, 0.05) is 18.1 Å². The molecule has 0 aliphatic heterocycles. The topological polar surface area (TPSA) is 135 Å². The van der Waals surface area contributed by atoms with E-state index in [1.165, 1.54) is 13.8 Å². The smallest absolute Gasteiger partial charge is 0.327 e. The maximum atomic E-state index is 9.25. The highest BCUT2D eigenvalue weighted by Crippen LogP contribution is 2.06. The van der Waals surface area contributed by atoms with Crippen molar-refractivity contribution in [2.75, 3.05) is 0 Å². The van der Waals surface area contributed by atoms with Crippen LogP contribution in [-0.2, 0) is 9.59 Å². The standard InChI is InChI=1S/C4H10O3.2C3H4O2/c1-3(2)4(5,6)7;2*1-2-3(4)5/h3,5-7H,1-2H3;2*2H,1H2,(H,4,5). The SMILES string of the molecule is C=CC(=O)O.C=CC(=O)O.CC(C)C(O)(O)O. The lowest BCUT2D eigenvalue weighted by molar-refractivity contribution is -0.335. The largest absolute Gasteiger partial charge is 0.478 e. The Morgan fingerprint density at radius 3 is 1.12 bits per heavy atom. The molecule has 17 heavy (non-hydrogen) atoms. The zero-order chi connectivity index (χ0) is 14.6. The van der Waals surface area contributed by atoms with E-state index in [1.54, 1.807) is 0 Å². The second-order valence-electron chi connectivity index (χ2n) is 2.93. The van der Waals surface area contributed by atoms with Crippen LogP contribution in [0.15, 0.2) is 25.3 Å². The molecule has 0 aliphatic rings. The predicted molar refractivity (Wildman–Crippen MR) is 59.9 cm³/mol. The van der Waals surface area contributed by atoms with Crippen molar-refractivity contribution in [3.63, 3.8) is 0 Å². The van der Waals surface area contributed by atoms with E-state index in [-0.39, 0.29) is 0 Å². The molecule has 0 amide bonds. The Morgan fingerprint density at radius 1 is 1.00 bits per heavy atom. The molecule has 0 aromatic carbocycles. The number of carboxylic acid groups (broad SMARTS) is 2. The molecule has 5 N–H and O–H groups in total. The first-order valence-electron chi connectivity index (χ1n) is 4.36. The summed E-state index contributed by atoms with van der Waals surface area (Å²) in [5.74, 6) is -5.00. The third-order valence-corrected chi connectivity index (χ3v) is 1.12. The highest BCUT2D eigenvalue weighted by Gasteiger charge is 2.22. The average molecular weight is 250 g/mol. The number of aliphatic hydroxyl groups is 3. The Kier molecular flexibility index (Phi) is 13.1. The van der Waals surface area contributed by atoms with Crippen LogP contribution in [0.2, 0.25) is 0 Å². The maximum Gasteiger partial charge on any atom is 0.327 e. The van der Waals surface area contributed by atoms with Crippen LogP contribution in [-0.4, -0.2) is 43.4 Å². The molecule has 0 aromatic heterocycles. The van der Waals surface area contributed by atoms with Crippen LogP contribution in [0.4, 0.5) is 0 Å². The molecule has 0 saturated carbocycles. The predicted octanol–water partition coefficient (Wildman–Crippen LogP) is -0.213. The van der Waals surface area contributed by atoms with Gasteiger partial charge in [0.15, 0.2) is 0 Å². The van der Waals surface area contributed by atoms with Crippen molar-refractivity contribution in [3.8, 4) is 0 Å². The Bertz CT molecular complexity index is 232. The number of aliphatic carboxylic acids is 2. The normalized spacial score (nSPS) is 9.06. The Morgan fingerprint density at radius 2 is 1.12 bits per heavy atom. The van der Waals surface area contributed by atoms with Crippen molar-refractivity contribution >= 4 is 11.9 Å². The fourth-order valence-corrected chi connectivity index (χ4v) is 0. The number of hydrogen-bond donors (Lipinski definition) is 5. The summed E-state index contributed by atoms with van der Waals surface area (Å²) in [6.45, 7) is 8.92. The maximum absolute atomic E-state index is 9.25. The van der Waals surface area contributed by atoms with Crippen molar-refractivity contribution in [1.29, 1.82) is 0 Å². The first kappa shape index (κ1) is 20.7. The van der Waals surface area contributed by atoms with Gasteiger partial charge in [0.05, 0.1) is 0 Å². The molecule has 0 aliphatic carbocycles. The molecule has 0 bridgehead atoms. The van der Waals surface area contributed by atoms with E-state index in [2.05, 4.69) is 13.2 Å². The zero-order valence-electron chi connectivity index (χ0n) is 9.70. The molecule has 7 heteroatoms. The van der Waals surface area contributed by atoms with Gasteiger partial charge >= 0.3 is 11.9 Å². The zero-order valence-corrected chi connectivity index (χ0v) is 9.70. The molecule has 7 nitrogen and oxygen atoms in total. The second-order valence-corrected chi connectivity index (χ2v) is 2.93. The summed E-state index contributed by atoms with van der Waals surface area (Å²) in [7, 11) is 0. The molecule has 100 valence electrons. The van der Waals surface area contributed by atoms with Crippen LogP contribution in [0.5, 0.6) is 0 Å². The van der Waals surface area contributed by atoms with Gasteiger partial charge in [-0.1, -0.05) is 27.0 Å². The summed E-state index contributed by atoms with van der Waals surface area (Å²) in [6, 6.07) is 0. The van der Waals surface area contributed by atoms with E-state index in [0.717, 1.165) is 12.2 Å².